The Labute approximate surface area is 121 Å². The molecular formula is C15H26N2O3. The van der Waals surface area contributed by atoms with Crippen LogP contribution in [-0.2, 0) is 14.3 Å². The van der Waals surface area contributed by atoms with Crippen LogP contribution in [0.1, 0.15) is 47.0 Å². The van der Waals surface area contributed by atoms with Gasteiger partial charge in [-0.25, -0.2) is 0 Å². The lowest BCUT2D eigenvalue weighted by molar-refractivity contribution is -0.165. The summed E-state index contributed by atoms with van der Waals surface area (Å²) in [5.74, 6) is 0.143. The van der Waals surface area contributed by atoms with E-state index in [-0.39, 0.29) is 35.9 Å². The molecule has 5 nitrogen and oxygen atoms in total. The SMILES string of the molecule is CCC1(C)NC(=O)C(C(C)C)N(C2CC(OC)C2)C1=O. The third kappa shape index (κ3) is 2.32. The first-order valence-electron chi connectivity index (χ1n) is 7.51. The van der Waals surface area contributed by atoms with Crippen molar-refractivity contribution in [1.82, 2.24) is 10.2 Å². The Morgan fingerprint density at radius 2 is 2.00 bits per heavy atom. The molecule has 2 atom stereocenters. The third-order valence-electron chi connectivity index (χ3n) is 4.81. The van der Waals surface area contributed by atoms with Gasteiger partial charge in [0.25, 0.3) is 0 Å². The summed E-state index contributed by atoms with van der Waals surface area (Å²) in [6.07, 6.45) is 2.50. The molecule has 114 valence electrons. The number of hydrogen-bond donors (Lipinski definition) is 1. The Bertz CT molecular complexity index is 404. The van der Waals surface area contributed by atoms with Crippen molar-refractivity contribution in [2.75, 3.05) is 7.11 Å². The van der Waals surface area contributed by atoms with Gasteiger partial charge in [-0.05, 0) is 32.1 Å². The summed E-state index contributed by atoms with van der Waals surface area (Å²) in [5, 5.41) is 2.92. The molecule has 1 heterocycles. The highest BCUT2D eigenvalue weighted by atomic mass is 16.5. The molecule has 1 N–H and O–H groups in total. The van der Waals surface area contributed by atoms with E-state index in [2.05, 4.69) is 5.32 Å². The normalized spacial score (nSPS) is 37.9. The number of ether oxygens (including phenoxy) is 1. The minimum Gasteiger partial charge on any atom is -0.381 e. The molecule has 0 radical (unpaired) electrons. The Morgan fingerprint density at radius 3 is 2.45 bits per heavy atom. The predicted octanol–water partition coefficient (Wildman–Crippen LogP) is 1.32. The molecule has 1 aliphatic carbocycles. The van der Waals surface area contributed by atoms with Gasteiger partial charge < -0.3 is 15.0 Å². The average Bonchev–Trinajstić information content (AvgIpc) is 2.33. The summed E-state index contributed by atoms with van der Waals surface area (Å²) in [7, 11) is 1.70. The van der Waals surface area contributed by atoms with Crippen molar-refractivity contribution in [2.45, 2.75) is 70.7 Å². The van der Waals surface area contributed by atoms with Crippen LogP contribution >= 0.6 is 0 Å². The third-order valence-corrected chi connectivity index (χ3v) is 4.81. The van der Waals surface area contributed by atoms with Crippen LogP contribution in [0.3, 0.4) is 0 Å². The fourth-order valence-corrected chi connectivity index (χ4v) is 3.15. The van der Waals surface area contributed by atoms with Crippen LogP contribution in [0, 0.1) is 5.92 Å². The van der Waals surface area contributed by atoms with Crippen LogP contribution in [0.2, 0.25) is 0 Å². The summed E-state index contributed by atoms with van der Waals surface area (Å²) < 4.78 is 5.30. The second-order valence-electron chi connectivity index (χ2n) is 6.56. The minimum atomic E-state index is -0.763. The van der Waals surface area contributed by atoms with Crippen LogP contribution in [0.5, 0.6) is 0 Å². The van der Waals surface area contributed by atoms with Gasteiger partial charge in [-0.1, -0.05) is 20.8 Å². The summed E-state index contributed by atoms with van der Waals surface area (Å²) in [6.45, 7) is 7.74. The molecule has 2 unspecified atom stereocenters. The van der Waals surface area contributed by atoms with Gasteiger partial charge >= 0.3 is 0 Å². The molecule has 1 aliphatic heterocycles. The topological polar surface area (TPSA) is 58.6 Å². The van der Waals surface area contributed by atoms with Gasteiger partial charge in [0.15, 0.2) is 0 Å². The Hall–Kier alpha value is -1.10. The Balaban J connectivity index is 2.26. The molecule has 0 bridgehead atoms. The van der Waals surface area contributed by atoms with E-state index in [9.17, 15) is 9.59 Å². The van der Waals surface area contributed by atoms with Gasteiger partial charge in [-0.3, -0.25) is 9.59 Å². The van der Waals surface area contributed by atoms with Gasteiger partial charge in [-0.2, -0.15) is 0 Å². The molecule has 2 aliphatic rings. The fraction of sp³-hybridized carbons (Fsp3) is 0.867. The molecule has 0 aromatic heterocycles. The lowest BCUT2D eigenvalue weighted by Crippen LogP contribution is -2.73. The molecule has 2 amide bonds. The molecule has 0 aromatic rings. The molecule has 0 aromatic carbocycles. The van der Waals surface area contributed by atoms with Gasteiger partial charge in [0.05, 0.1) is 6.10 Å². The highest BCUT2D eigenvalue weighted by Crippen LogP contribution is 2.35. The number of carbonyl (C=O) groups is 2. The van der Waals surface area contributed by atoms with E-state index >= 15 is 0 Å². The van der Waals surface area contributed by atoms with Crippen LogP contribution in [0.15, 0.2) is 0 Å². The highest BCUT2D eigenvalue weighted by Gasteiger charge is 2.52. The van der Waals surface area contributed by atoms with E-state index in [0.717, 1.165) is 12.8 Å². The molecule has 20 heavy (non-hydrogen) atoms. The van der Waals surface area contributed by atoms with Crippen LogP contribution < -0.4 is 5.32 Å². The van der Waals surface area contributed by atoms with Crippen molar-refractivity contribution in [3.8, 4) is 0 Å². The maximum Gasteiger partial charge on any atom is 0.248 e. The molecule has 0 spiro atoms. The number of rotatable bonds is 4. The lowest BCUT2D eigenvalue weighted by atomic mass is 9.81. The summed E-state index contributed by atoms with van der Waals surface area (Å²) in [5.41, 5.74) is -0.763. The van der Waals surface area contributed by atoms with Gasteiger partial charge in [0, 0.05) is 13.2 Å². The number of carbonyl (C=O) groups excluding carboxylic acids is 2. The van der Waals surface area contributed by atoms with E-state index in [4.69, 9.17) is 4.74 Å². The quantitative estimate of drug-likeness (QED) is 0.846. The van der Waals surface area contributed by atoms with Gasteiger partial charge in [0.2, 0.25) is 11.8 Å². The number of nitrogens with zero attached hydrogens (tertiary/aromatic N) is 1. The minimum absolute atomic E-state index is 0.0233. The van der Waals surface area contributed by atoms with E-state index in [1.165, 1.54) is 0 Å². The Kier molecular flexibility index (Phi) is 4.09. The summed E-state index contributed by atoms with van der Waals surface area (Å²) in [4.78, 5) is 27.1. The number of piperazine rings is 1. The lowest BCUT2D eigenvalue weighted by Gasteiger charge is -2.52. The van der Waals surface area contributed by atoms with Gasteiger partial charge in [-0.15, -0.1) is 0 Å². The zero-order chi connectivity index (χ0) is 15.1. The average molecular weight is 282 g/mol. The van der Waals surface area contributed by atoms with E-state index in [1.807, 2.05) is 32.6 Å². The fourth-order valence-electron chi connectivity index (χ4n) is 3.15. The van der Waals surface area contributed by atoms with Crippen molar-refractivity contribution < 1.29 is 14.3 Å². The summed E-state index contributed by atoms with van der Waals surface area (Å²) >= 11 is 0. The maximum absolute atomic E-state index is 12.8. The smallest absolute Gasteiger partial charge is 0.248 e. The zero-order valence-corrected chi connectivity index (χ0v) is 13.1. The predicted molar refractivity (Wildman–Crippen MR) is 76.1 cm³/mol. The molecule has 1 saturated heterocycles. The zero-order valence-electron chi connectivity index (χ0n) is 13.1. The standard InChI is InChI=1S/C15H26N2O3/c1-6-15(4)14(19)17(10-7-11(8-10)20-5)12(9(2)3)13(18)16-15/h9-12H,6-8H2,1-5H3,(H,16,18). The van der Waals surface area contributed by atoms with E-state index in [0.29, 0.717) is 6.42 Å². The first-order valence-corrected chi connectivity index (χ1v) is 7.51. The number of amides is 2. The van der Waals surface area contributed by atoms with Crippen LogP contribution in [-0.4, -0.2) is 47.6 Å². The van der Waals surface area contributed by atoms with Crippen molar-refractivity contribution in [3.05, 3.63) is 0 Å². The number of methoxy groups -OCH3 is 1. The molecule has 2 rings (SSSR count). The monoisotopic (exact) mass is 282 g/mol. The van der Waals surface area contributed by atoms with Crippen molar-refractivity contribution in [3.63, 3.8) is 0 Å². The second-order valence-corrected chi connectivity index (χ2v) is 6.56. The van der Waals surface area contributed by atoms with Gasteiger partial charge in [0.1, 0.15) is 11.6 Å². The second kappa shape index (κ2) is 5.35. The maximum atomic E-state index is 12.8. The van der Waals surface area contributed by atoms with Crippen molar-refractivity contribution in [2.24, 2.45) is 5.92 Å². The number of nitrogens with one attached hydrogen (secondary N) is 1. The highest BCUT2D eigenvalue weighted by molar-refractivity contribution is 5.99. The molecule has 5 heteroatoms. The molecule has 1 saturated carbocycles. The first-order chi connectivity index (χ1) is 9.34. The number of hydrogen-bond acceptors (Lipinski definition) is 3. The molecular weight excluding hydrogens is 256 g/mol. The largest absolute Gasteiger partial charge is 0.381 e. The van der Waals surface area contributed by atoms with Crippen molar-refractivity contribution >= 4 is 11.8 Å². The van der Waals surface area contributed by atoms with Crippen LogP contribution in [0.25, 0.3) is 0 Å². The van der Waals surface area contributed by atoms with E-state index < -0.39 is 5.54 Å². The Morgan fingerprint density at radius 1 is 1.40 bits per heavy atom. The van der Waals surface area contributed by atoms with E-state index in [1.54, 1.807) is 7.11 Å². The first kappa shape index (κ1) is 15.3. The molecule has 2 fully saturated rings. The summed E-state index contributed by atoms with van der Waals surface area (Å²) in [6, 6.07) is -0.221. The van der Waals surface area contributed by atoms with Crippen molar-refractivity contribution in [1.29, 1.82) is 0 Å². The van der Waals surface area contributed by atoms with Crippen LogP contribution in [0.4, 0.5) is 0 Å².